The van der Waals surface area contributed by atoms with E-state index in [0.29, 0.717) is 17.4 Å². The first kappa shape index (κ1) is 23.8. The summed E-state index contributed by atoms with van der Waals surface area (Å²) >= 11 is 0. The van der Waals surface area contributed by atoms with Crippen LogP contribution in [0.4, 0.5) is 0 Å². The van der Waals surface area contributed by atoms with Crippen molar-refractivity contribution in [2.45, 2.75) is 117 Å². The van der Waals surface area contributed by atoms with E-state index in [-0.39, 0.29) is 5.60 Å². The molecule has 2 unspecified atom stereocenters. The summed E-state index contributed by atoms with van der Waals surface area (Å²) in [6.45, 7) is 21.5. The minimum absolute atomic E-state index is 0.0297. The van der Waals surface area contributed by atoms with E-state index in [0.717, 1.165) is 17.8 Å². The fraction of sp³-hybridized carbons (Fsp3) is 0.920. The highest BCUT2D eigenvalue weighted by Gasteiger charge is 2.53. The fourth-order valence-corrected chi connectivity index (χ4v) is 10.0. The standard InChI is InChI=1S/C25H48O2Si2/c1-19(17-20-14-16-24(2,18-20)27-29(7,8)9)21-12-13-22-23(26-28(4,5)6)11-10-15-25(21,22)3/h14,16,19-23H,10-13,15,17-18H2,1-9H3/t19-,20+,21-,22?,23?,24+,25+/m1/s1. The molecule has 0 saturated heterocycles. The molecule has 0 heterocycles. The van der Waals surface area contributed by atoms with Gasteiger partial charge in [-0.25, -0.2) is 0 Å². The largest absolute Gasteiger partial charge is 0.414 e. The Hall–Kier alpha value is 0.0938. The third-order valence-corrected chi connectivity index (χ3v) is 10.0. The molecule has 0 spiro atoms. The van der Waals surface area contributed by atoms with Crippen LogP contribution < -0.4 is 0 Å². The molecule has 2 saturated carbocycles. The van der Waals surface area contributed by atoms with Crippen LogP contribution in [0.5, 0.6) is 0 Å². The van der Waals surface area contributed by atoms with Gasteiger partial charge in [0.15, 0.2) is 16.6 Å². The highest BCUT2D eigenvalue weighted by molar-refractivity contribution is 6.70. The van der Waals surface area contributed by atoms with Crippen molar-refractivity contribution in [1.82, 2.24) is 0 Å². The lowest BCUT2D eigenvalue weighted by Gasteiger charge is -2.48. The number of hydrogen-bond acceptors (Lipinski definition) is 2. The van der Waals surface area contributed by atoms with E-state index < -0.39 is 16.6 Å². The predicted molar refractivity (Wildman–Crippen MR) is 130 cm³/mol. The van der Waals surface area contributed by atoms with Gasteiger partial charge in [0.1, 0.15) is 0 Å². The van der Waals surface area contributed by atoms with Gasteiger partial charge in [0.2, 0.25) is 0 Å². The predicted octanol–water partition coefficient (Wildman–Crippen LogP) is 7.64. The van der Waals surface area contributed by atoms with Gasteiger partial charge < -0.3 is 8.85 Å². The van der Waals surface area contributed by atoms with E-state index in [4.69, 9.17) is 8.85 Å². The molecule has 0 aliphatic heterocycles. The Morgan fingerprint density at radius 1 is 1.00 bits per heavy atom. The maximum atomic E-state index is 6.71. The number of allylic oxidation sites excluding steroid dienone is 1. The van der Waals surface area contributed by atoms with E-state index in [2.05, 4.69) is 72.2 Å². The lowest BCUT2D eigenvalue weighted by Crippen LogP contribution is -2.46. The summed E-state index contributed by atoms with van der Waals surface area (Å²) in [6.07, 6.45) is 14.7. The third-order valence-electron chi connectivity index (χ3n) is 7.93. The maximum absolute atomic E-state index is 6.71. The molecule has 29 heavy (non-hydrogen) atoms. The summed E-state index contributed by atoms with van der Waals surface area (Å²) in [7, 11) is -2.99. The van der Waals surface area contributed by atoms with E-state index in [1.165, 1.54) is 44.9 Å². The van der Waals surface area contributed by atoms with Gasteiger partial charge in [0, 0.05) is 6.10 Å². The quantitative estimate of drug-likeness (QED) is 0.301. The second-order valence-corrected chi connectivity index (χ2v) is 21.9. The first-order chi connectivity index (χ1) is 13.2. The van der Waals surface area contributed by atoms with Crippen LogP contribution in [0.3, 0.4) is 0 Å². The van der Waals surface area contributed by atoms with Crippen molar-refractivity contribution in [2.24, 2.45) is 29.1 Å². The Kier molecular flexibility index (Phi) is 6.73. The minimum atomic E-state index is -1.51. The molecule has 2 nitrogen and oxygen atoms in total. The summed E-state index contributed by atoms with van der Waals surface area (Å²) in [6, 6.07) is 0. The smallest absolute Gasteiger partial charge is 0.184 e. The summed E-state index contributed by atoms with van der Waals surface area (Å²) in [5.74, 6) is 3.12. The van der Waals surface area contributed by atoms with E-state index >= 15 is 0 Å². The first-order valence-corrected chi connectivity index (χ1v) is 19.1. The van der Waals surface area contributed by atoms with Crippen LogP contribution in [0.15, 0.2) is 12.2 Å². The topological polar surface area (TPSA) is 18.5 Å². The highest BCUT2D eigenvalue weighted by atomic mass is 28.4. The lowest BCUT2D eigenvalue weighted by molar-refractivity contribution is -0.0199. The monoisotopic (exact) mass is 436 g/mol. The van der Waals surface area contributed by atoms with Gasteiger partial charge in [-0.05, 0) is 114 Å². The fourth-order valence-electron chi connectivity index (χ4n) is 7.27. The van der Waals surface area contributed by atoms with Crippen molar-refractivity contribution in [3.8, 4) is 0 Å². The van der Waals surface area contributed by atoms with E-state index in [1.807, 2.05) is 0 Å². The molecule has 3 aliphatic rings. The van der Waals surface area contributed by atoms with Crippen LogP contribution in [-0.4, -0.2) is 28.3 Å². The molecule has 0 aromatic rings. The zero-order valence-corrected chi connectivity index (χ0v) is 22.8. The molecule has 0 radical (unpaired) electrons. The molecule has 0 aromatic carbocycles. The van der Waals surface area contributed by atoms with Crippen molar-refractivity contribution in [3.05, 3.63) is 12.2 Å². The van der Waals surface area contributed by atoms with Crippen LogP contribution in [0.1, 0.15) is 65.7 Å². The Bertz CT molecular complexity index is 605. The normalized spacial score (nSPS) is 41.6. The highest BCUT2D eigenvalue weighted by Crippen LogP contribution is 2.59. The van der Waals surface area contributed by atoms with Crippen LogP contribution in [-0.2, 0) is 8.85 Å². The van der Waals surface area contributed by atoms with Gasteiger partial charge in [-0.2, -0.15) is 0 Å². The van der Waals surface area contributed by atoms with Crippen molar-refractivity contribution in [2.75, 3.05) is 0 Å². The Labute approximate surface area is 183 Å². The van der Waals surface area contributed by atoms with Crippen LogP contribution in [0.25, 0.3) is 0 Å². The molecule has 2 fully saturated rings. The van der Waals surface area contributed by atoms with Crippen LogP contribution >= 0.6 is 0 Å². The second kappa shape index (κ2) is 8.22. The molecule has 0 aromatic heterocycles. The van der Waals surface area contributed by atoms with Crippen LogP contribution in [0.2, 0.25) is 39.3 Å². The molecule has 3 aliphatic carbocycles. The molecule has 0 N–H and O–H groups in total. The van der Waals surface area contributed by atoms with Gasteiger partial charge in [0.25, 0.3) is 0 Å². The van der Waals surface area contributed by atoms with Crippen molar-refractivity contribution >= 4 is 16.6 Å². The lowest BCUT2D eigenvalue weighted by atomic mass is 9.61. The minimum Gasteiger partial charge on any atom is -0.414 e. The second-order valence-electron chi connectivity index (χ2n) is 13.0. The first-order valence-electron chi connectivity index (χ1n) is 12.3. The van der Waals surface area contributed by atoms with Gasteiger partial charge in [0.05, 0.1) is 5.60 Å². The van der Waals surface area contributed by atoms with Gasteiger partial charge >= 0.3 is 0 Å². The van der Waals surface area contributed by atoms with Crippen molar-refractivity contribution < 1.29 is 8.85 Å². The summed E-state index contributed by atoms with van der Waals surface area (Å²) in [5, 5.41) is 0. The average Bonchev–Trinajstić information content (AvgIpc) is 3.04. The average molecular weight is 437 g/mol. The summed E-state index contributed by atoms with van der Waals surface area (Å²) < 4.78 is 13.2. The van der Waals surface area contributed by atoms with Gasteiger partial charge in [-0.15, -0.1) is 0 Å². The molecule has 0 amide bonds. The Balaban J connectivity index is 1.62. The van der Waals surface area contributed by atoms with E-state index in [1.54, 1.807) is 0 Å². The third kappa shape index (κ3) is 5.67. The molecule has 3 rings (SSSR count). The molecule has 4 heteroatoms. The number of hydrogen-bond donors (Lipinski definition) is 0. The maximum Gasteiger partial charge on any atom is 0.184 e. The molecule has 168 valence electrons. The molecule has 7 atom stereocenters. The zero-order chi connectivity index (χ0) is 21.7. The van der Waals surface area contributed by atoms with Crippen molar-refractivity contribution in [1.29, 1.82) is 0 Å². The molecular formula is C25H48O2Si2. The SMILES string of the molecule is C[C@H](C[C@@H]1C=C[C@](C)(O[Si](C)(C)C)C1)[C@H]1CCC2C(O[Si](C)(C)C)CCC[C@]21C. The number of fused-ring (bicyclic) bond motifs is 1. The van der Waals surface area contributed by atoms with Gasteiger partial charge in [-0.3, -0.25) is 0 Å². The summed E-state index contributed by atoms with van der Waals surface area (Å²) in [4.78, 5) is 0. The Morgan fingerprint density at radius 2 is 1.69 bits per heavy atom. The summed E-state index contributed by atoms with van der Waals surface area (Å²) in [5.41, 5.74) is 0.459. The van der Waals surface area contributed by atoms with Crippen LogP contribution in [0, 0.1) is 29.1 Å². The number of rotatable bonds is 7. The van der Waals surface area contributed by atoms with Crippen molar-refractivity contribution in [3.63, 3.8) is 0 Å². The Morgan fingerprint density at radius 3 is 2.31 bits per heavy atom. The molecular weight excluding hydrogens is 388 g/mol. The molecule has 0 bridgehead atoms. The van der Waals surface area contributed by atoms with Gasteiger partial charge in [-0.1, -0.05) is 32.4 Å². The van der Waals surface area contributed by atoms with E-state index in [9.17, 15) is 0 Å². The zero-order valence-electron chi connectivity index (χ0n) is 20.8.